The minimum atomic E-state index is -0.275. The first-order chi connectivity index (χ1) is 57.7. The molecular weight excluding hydrogens is 1460 g/mol. The van der Waals surface area contributed by atoms with Crippen molar-refractivity contribution >= 4 is 105 Å². The largest absolute Gasteiger partial charge is 0.310 e. The van der Waals surface area contributed by atoms with Crippen molar-refractivity contribution in [3.63, 3.8) is 0 Å². The van der Waals surface area contributed by atoms with Gasteiger partial charge < -0.3 is 14.7 Å². The third-order valence-corrected chi connectivity index (χ3v) is 29.4. The second kappa shape index (κ2) is 26.6. The molecule has 0 saturated heterocycles. The highest BCUT2D eigenvalue weighted by atomic mass is 15.2. The van der Waals surface area contributed by atoms with Gasteiger partial charge in [0.1, 0.15) is 0 Å². The van der Waals surface area contributed by atoms with E-state index in [1.807, 2.05) is 0 Å². The van der Waals surface area contributed by atoms with Gasteiger partial charge in [-0.2, -0.15) is 0 Å². The van der Waals surface area contributed by atoms with Gasteiger partial charge in [-0.25, -0.2) is 0 Å². The molecule has 0 saturated carbocycles. The Kier molecular flexibility index (Phi) is 16.7. The zero-order valence-corrected chi connectivity index (χ0v) is 74.2. The summed E-state index contributed by atoms with van der Waals surface area (Å²) in [6.07, 6.45) is 1.88. The number of benzene rings is 17. The summed E-state index contributed by atoms with van der Waals surface area (Å²) < 4.78 is 0. The van der Waals surface area contributed by atoms with Gasteiger partial charge >= 0.3 is 0 Å². The minimum absolute atomic E-state index is 0.0246. The molecule has 17 aromatic carbocycles. The fraction of sp³-hybridized carbons (Fsp3) is 0.237. The highest BCUT2D eigenvalue weighted by Gasteiger charge is 2.46. The second-order valence-corrected chi connectivity index (χ2v) is 40.3. The van der Waals surface area contributed by atoms with Gasteiger partial charge in [-0.05, 0) is 329 Å². The molecule has 3 heteroatoms. The molecule has 21 rings (SSSR count). The lowest BCUT2D eigenvalue weighted by Gasteiger charge is -2.35. The van der Waals surface area contributed by atoms with E-state index in [9.17, 15) is 0 Å². The summed E-state index contributed by atoms with van der Waals surface area (Å²) in [5, 5.41) is 12.8. The van der Waals surface area contributed by atoms with E-state index in [4.69, 9.17) is 0 Å². The zero-order chi connectivity index (χ0) is 83.9. The molecule has 0 fully saturated rings. The Morgan fingerprint density at radius 2 is 0.636 bits per heavy atom. The molecule has 3 nitrogen and oxygen atoms in total. The number of anilines is 9. The third-order valence-electron chi connectivity index (χ3n) is 29.4. The van der Waals surface area contributed by atoms with Crippen molar-refractivity contribution in [1.82, 2.24) is 0 Å². The quantitative estimate of drug-likeness (QED) is 0.107. The molecule has 0 atom stereocenters. The average molecular weight is 1570 g/mol. The molecule has 0 heterocycles. The molecule has 0 amide bonds. The van der Waals surface area contributed by atoms with Gasteiger partial charge in [-0.3, -0.25) is 0 Å². The van der Waals surface area contributed by atoms with Crippen LogP contribution in [0.15, 0.2) is 273 Å². The normalized spacial score (nSPS) is 14.8. The van der Waals surface area contributed by atoms with Crippen molar-refractivity contribution in [3.05, 3.63) is 373 Å². The molecule has 0 N–H and O–H groups in total. The smallest absolute Gasteiger partial charge is 0.0561 e. The number of aryl methyl sites for hydroxylation is 8. The van der Waals surface area contributed by atoms with Gasteiger partial charge in [0.2, 0.25) is 0 Å². The van der Waals surface area contributed by atoms with Crippen LogP contribution in [0.3, 0.4) is 0 Å². The van der Waals surface area contributed by atoms with Crippen LogP contribution in [0, 0.1) is 48.5 Å². The molecule has 0 spiro atoms. The lowest BCUT2D eigenvalue weighted by atomic mass is 9.79. The third kappa shape index (κ3) is 11.5. The molecule has 0 aliphatic heterocycles. The molecular formula is C118H109N3. The zero-order valence-electron chi connectivity index (χ0n) is 74.2. The first kappa shape index (κ1) is 76.1. The first-order valence-corrected chi connectivity index (χ1v) is 44.1. The monoisotopic (exact) mass is 1570 g/mol. The van der Waals surface area contributed by atoms with E-state index in [0.29, 0.717) is 0 Å². The van der Waals surface area contributed by atoms with Gasteiger partial charge in [0, 0.05) is 77.6 Å². The van der Waals surface area contributed by atoms with Crippen LogP contribution in [0.25, 0.3) is 98.4 Å². The van der Waals surface area contributed by atoms with Crippen molar-refractivity contribution in [3.8, 4) is 44.5 Å². The van der Waals surface area contributed by atoms with Crippen LogP contribution in [-0.2, 0) is 38.9 Å². The van der Waals surface area contributed by atoms with Crippen molar-refractivity contribution in [2.45, 2.75) is 184 Å². The van der Waals surface area contributed by atoms with Crippen molar-refractivity contribution in [1.29, 1.82) is 0 Å². The van der Waals surface area contributed by atoms with Crippen molar-refractivity contribution in [2.24, 2.45) is 0 Å². The van der Waals surface area contributed by atoms with E-state index >= 15 is 0 Å². The lowest BCUT2D eigenvalue weighted by Crippen LogP contribution is -2.19. The summed E-state index contributed by atoms with van der Waals surface area (Å²) in [5.74, 6) is 0. The summed E-state index contributed by atoms with van der Waals surface area (Å²) in [4.78, 5) is 7.73. The highest BCUT2D eigenvalue weighted by Crippen LogP contribution is 2.62. The Morgan fingerprint density at radius 1 is 0.256 bits per heavy atom. The van der Waals surface area contributed by atoms with Crippen LogP contribution in [0.4, 0.5) is 51.2 Å². The fourth-order valence-corrected chi connectivity index (χ4v) is 22.6. The summed E-state index contributed by atoms with van der Waals surface area (Å²) in [7, 11) is 0. The minimum Gasteiger partial charge on any atom is -0.310 e. The standard InChI is InChI=1S/C118H109N3/c1-68-29-49-103(71(4)55-68)120(104-50-30-69(2)56-72(104)5)107-67-108(90-44-34-79-60-81(113(8,9)10)59-78-33-43-89(107)112(90)109(78)79)121(105-51-31-70(3)57-73(105)6)106-52-32-75(58-74(106)7)53-54-114(11,12)80-37-39-82(40-38-80)119(83-41-45-87-91-63-101-93(65-99(91)117(17,18)97(87)61-83)110-85-27-23-21-25-76(85)35-47-95(110)115(101,13)14)84-42-46-88-92-64-102-94(66-100(92)118(19,20)98(88)62-84)111-86-28-24-22-26-77(86)36-48-96(111)116(102,15)16/h21-52,55-67H,53-54H2,1-20H3. The summed E-state index contributed by atoms with van der Waals surface area (Å²) in [6, 6.07) is 108. The van der Waals surface area contributed by atoms with Crippen LogP contribution in [0.1, 0.15) is 197 Å². The van der Waals surface area contributed by atoms with E-state index in [-0.39, 0.29) is 32.5 Å². The molecule has 4 aliphatic carbocycles. The van der Waals surface area contributed by atoms with Crippen LogP contribution >= 0.6 is 0 Å². The molecule has 0 aromatic heterocycles. The summed E-state index contributed by atoms with van der Waals surface area (Å²) in [6.45, 7) is 47.3. The van der Waals surface area contributed by atoms with E-state index in [1.54, 1.807) is 0 Å². The van der Waals surface area contributed by atoms with E-state index in [2.05, 4.69) is 426 Å². The van der Waals surface area contributed by atoms with Crippen LogP contribution in [0.2, 0.25) is 0 Å². The maximum Gasteiger partial charge on any atom is 0.0561 e. The number of hydrogen-bond acceptors (Lipinski definition) is 3. The van der Waals surface area contributed by atoms with Gasteiger partial charge in [0.05, 0.1) is 11.4 Å². The maximum absolute atomic E-state index is 2.60. The molecule has 121 heavy (non-hydrogen) atoms. The Bertz CT molecular complexity index is 7020. The number of hydrogen-bond donors (Lipinski definition) is 0. The Labute approximate surface area is 716 Å². The molecule has 596 valence electrons. The predicted octanol–water partition coefficient (Wildman–Crippen LogP) is 32.9. The van der Waals surface area contributed by atoms with E-state index in [1.165, 1.54) is 221 Å². The van der Waals surface area contributed by atoms with Crippen LogP contribution in [0.5, 0.6) is 0 Å². The first-order valence-electron chi connectivity index (χ1n) is 44.1. The molecule has 17 aromatic rings. The Balaban J connectivity index is 0.653. The van der Waals surface area contributed by atoms with Crippen molar-refractivity contribution < 1.29 is 0 Å². The second-order valence-electron chi connectivity index (χ2n) is 40.3. The number of nitrogens with zero attached hydrogens (tertiary/aromatic N) is 3. The number of fused-ring (bicyclic) bond motifs is 16. The summed E-state index contributed by atoms with van der Waals surface area (Å²) >= 11 is 0. The van der Waals surface area contributed by atoms with Gasteiger partial charge in [-0.1, -0.05) is 289 Å². The van der Waals surface area contributed by atoms with Gasteiger partial charge in [-0.15, -0.1) is 0 Å². The fourth-order valence-electron chi connectivity index (χ4n) is 22.6. The molecule has 0 unspecified atom stereocenters. The Hall–Kier alpha value is -12.3. The molecule has 4 aliphatic rings. The maximum atomic E-state index is 2.60. The van der Waals surface area contributed by atoms with Gasteiger partial charge in [0.25, 0.3) is 0 Å². The number of rotatable bonds is 13. The average Bonchev–Trinajstić information content (AvgIpc) is 1.56. The van der Waals surface area contributed by atoms with Crippen LogP contribution < -0.4 is 14.7 Å². The van der Waals surface area contributed by atoms with Gasteiger partial charge in [0.15, 0.2) is 0 Å². The highest BCUT2D eigenvalue weighted by molar-refractivity contribution is 6.29. The Morgan fingerprint density at radius 3 is 1.07 bits per heavy atom. The lowest BCUT2D eigenvalue weighted by molar-refractivity contribution is 0.480. The predicted molar refractivity (Wildman–Crippen MR) is 519 cm³/mol. The van der Waals surface area contributed by atoms with E-state index < -0.39 is 0 Å². The van der Waals surface area contributed by atoms with Crippen molar-refractivity contribution in [2.75, 3.05) is 14.7 Å². The topological polar surface area (TPSA) is 9.72 Å². The molecule has 0 radical (unpaired) electrons. The SMILES string of the molecule is Cc1ccc(N(c2ccc(C)cc2C)c2cc(N(c3ccc(C)cc3C)c3ccc(CCC(C)(C)c4ccc(N(c5ccc6c(c5)C(C)(C)c5cc7c(cc5-6)C(C)(C)c5ccc6ccccc6c5-7)c5ccc6c(c5)C(C)(C)c5cc7c(cc5-6)C(C)(C)c5ccc6ccccc6c5-7)cc4)cc3C)c3ccc4cc(C(C)(C)C)cc5ccc2c3c54)c(C)c1. The summed E-state index contributed by atoms with van der Waals surface area (Å²) in [5.41, 5.74) is 44.2. The van der Waals surface area contributed by atoms with Crippen LogP contribution in [-0.4, -0.2) is 0 Å². The van der Waals surface area contributed by atoms with E-state index in [0.717, 1.165) is 41.3 Å². The molecule has 0 bridgehead atoms.